The zero-order valence-electron chi connectivity index (χ0n) is 13.6. The standard InChI is InChI=1S/C17H27N3O/c1-5-17(6-2,21-4)15(18)12-16-19-13-10-8-9-11-14(13)20(16)7-3/h8-11,15H,5-7,12,18H2,1-4H3. The molecule has 0 aliphatic carbocycles. The normalized spacial score (nSPS) is 13.8. The summed E-state index contributed by atoms with van der Waals surface area (Å²) in [6, 6.07) is 8.19. The minimum Gasteiger partial charge on any atom is -0.377 e. The second-order valence-electron chi connectivity index (χ2n) is 5.55. The van der Waals surface area contributed by atoms with Gasteiger partial charge in [-0.05, 0) is 31.9 Å². The van der Waals surface area contributed by atoms with Crippen LogP contribution >= 0.6 is 0 Å². The van der Waals surface area contributed by atoms with Crippen molar-refractivity contribution < 1.29 is 4.74 Å². The van der Waals surface area contributed by atoms with Crippen LogP contribution in [0, 0.1) is 0 Å². The predicted octanol–water partition coefficient (Wildman–Crippen LogP) is 3.13. The van der Waals surface area contributed by atoms with Crippen LogP contribution in [0.15, 0.2) is 24.3 Å². The minimum absolute atomic E-state index is 0.0559. The fraction of sp³-hybridized carbons (Fsp3) is 0.588. The van der Waals surface area contributed by atoms with Gasteiger partial charge in [0.1, 0.15) is 5.82 Å². The van der Waals surface area contributed by atoms with Gasteiger partial charge < -0.3 is 15.0 Å². The molecule has 1 unspecified atom stereocenters. The summed E-state index contributed by atoms with van der Waals surface area (Å²) in [7, 11) is 1.76. The molecule has 116 valence electrons. The second kappa shape index (κ2) is 6.58. The topological polar surface area (TPSA) is 53.1 Å². The van der Waals surface area contributed by atoms with E-state index in [1.54, 1.807) is 7.11 Å². The number of nitrogens with zero attached hydrogens (tertiary/aromatic N) is 2. The molecule has 1 heterocycles. The van der Waals surface area contributed by atoms with Gasteiger partial charge in [0.15, 0.2) is 0 Å². The fourth-order valence-electron chi connectivity index (χ4n) is 3.23. The van der Waals surface area contributed by atoms with Crippen molar-refractivity contribution in [3.05, 3.63) is 30.1 Å². The Morgan fingerprint density at radius 2 is 1.90 bits per heavy atom. The Morgan fingerprint density at radius 1 is 1.24 bits per heavy atom. The highest BCUT2D eigenvalue weighted by Gasteiger charge is 2.34. The van der Waals surface area contributed by atoms with E-state index in [4.69, 9.17) is 15.5 Å². The maximum atomic E-state index is 6.48. The van der Waals surface area contributed by atoms with E-state index >= 15 is 0 Å². The molecule has 0 radical (unpaired) electrons. The van der Waals surface area contributed by atoms with Crippen molar-refractivity contribution in [2.24, 2.45) is 5.73 Å². The third-order valence-corrected chi connectivity index (χ3v) is 4.73. The number of para-hydroxylation sites is 2. The summed E-state index contributed by atoms with van der Waals surface area (Å²) in [6.07, 6.45) is 2.55. The molecule has 0 bridgehead atoms. The van der Waals surface area contributed by atoms with Gasteiger partial charge in [0.05, 0.1) is 16.6 Å². The Bertz CT molecular complexity index is 578. The van der Waals surface area contributed by atoms with Crippen LogP contribution in [0.5, 0.6) is 0 Å². The monoisotopic (exact) mass is 289 g/mol. The Hall–Kier alpha value is -1.39. The highest BCUT2D eigenvalue weighted by molar-refractivity contribution is 5.75. The van der Waals surface area contributed by atoms with E-state index in [0.717, 1.165) is 37.1 Å². The summed E-state index contributed by atoms with van der Waals surface area (Å²) in [6.45, 7) is 7.32. The molecule has 0 saturated heterocycles. The molecule has 0 saturated carbocycles. The zero-order valence-corrected chi connectivity index (χ0v) is 13.6. The van der Waals surface area contributed by atoms with E-state index in [2.05, 4.69) is 43.5 Å². The van der Waals surface area contributed by atoms with E-state index in [-0.39, 0.29) is 11.6 Å². The SMILES string of the molecule is CCn1c(CC(N)C(CC)(CC)OC)nc2ccccc21. The van der Waals surface area contributed by atoms with Gasteiger partial charge >= 0.3 is 0 Å². The lowest BCUT2D eigenvalue weighted by molar-refractivity contribution is -0.0379. The number of ether oxygens (including phenoxy) is 1. The molecule has 4 heteroatoms. The van der Waals surface area contributed by atoms with Crippen molar-refractivity contribution >= 4 is 11.0 Å². The lowest BCUT2D eigenvalue weighted by Gasteiger charge is -2.36. The van der Waals surface area contributed by atoms with Crippen LogP contribution in [0.2, 0.25) is 0 Å². The number of imidazole rings is 1. The Kier molecular flexibility index (Phi) is 5.01. The molecular weight excluding hydrogens is 262 g/mol. The number of hydrogen-bond donors (Lipinski definition) is 1. The number of aromatic nitrogens is 2. The van der Waals surface area contributed by atoms with Crippen molar-refractivity contribution in [2.75, 3.05) is 7.11 Å². The van der Waals surface area contributed by atoms with Crippen LogP contribution in [0.25, 0.3) is 11.0 Å². The van der Waals surface area contributed by atoms with Crippen molar-refractivity contribution in [2.45, 2.75) is 58.2 Å². The number of hydrogen-bond acceptors (Lipinski definition) is 3. The average molecular weight is 289 g/mol. The van der Waals surface area contributed by atoms with E-state index in [1.807, 2.05) is 6.07 Å². The third-order valence-electron chi connectivity index (χ3n) is 4.73. The van der Waals surface area contributed by atoms with Crippen LogP contribution in [0.1, 0.15) is 39.4 Å². The van der Waals surface area contributed by atoms with Gasteiger partial charge in [-0.2, -0.15) is 0 Å². The number of aryl methyl sites for hydroxylation is 1. The molecule has 2 N–H and O–H groups in total. The molecule has 2 aromatic rings. The van der Waals surface area contributed by atoms with Gasteiger partial charge in [0, 0.05) is 26.1 Å². The van der Waals surface area contributed by atoms with Gasteiger partial charge in [-0.3, -0.25) is 0 Å². The number of rotatable bonds is 7. The van der Waals surface area contributed by atoms with E-state index in [9.17, 15) is 0 Å². The van der Waals surface area contributed by atoms with Crippen LogP contribution in [-0.2, 0) is 17.7 Å². The lowest BCUT2D eigenvalue weighted by Crippen LogP contribution is -2.50. The Labute approximate surface area is 127 Å². The van der Waals surface area contributed by atoms with Crippen molar-refractivity contribution in [1.29, 1.82) is 0 Å². The molecule has 0 aliphatic heterocycles. The maximum absolute atomic E-state index is 6.48. The van der Waals surface area contributed by atoms with Gasteiger partial charge in [0.25, 0.3) is 0 Å². The summed E-state index contributed by atoms with van der Waals surface area (Å²) in [5.74, 6) is 1.05. The van der Waals surface area contributed by atoms with Gasteiger partial charge in [-0.25, -0.2) is 4.98 Å². The second-order valence-corrected chi connectivity index (χ2v) is 5.55. The molecule has 2 rings (SSSR count). The third kappa shape index (κ3) is 2.83. The smallest absolute Gasteiger partial charge is 0.111 e. The fourth-order valence-corrected chi connectivity index (χ4v) is 3.23. The van der Waals surface area contributed by atoms with E-state index in [0.29, 0.717) is 0 Å². The number of benzene rings is 1. The van der Waals surface area contributed by atoms with E-state index in [1.165, 1.54) is 5.52 Å². The number of nitrogens with two attached hydrogens (primary N) is 1. The van der Waals surface area contributed by atoms with Gasteiger partial charge in [0.2, 0.25) is 0 Å². The summed E-state index contributed by atoms with van der Waals surface area (Å²) >= 11 is 0. The highest BCUT2D eigenvalue weighted by atomic mass is 16.5. The first kappa shape index (κ1) is 16.0. The number of fused-ring (bicyclic) bond motifs is 1. The summed E-state index contributed by atoms with van der Waals surface area (Å²) < 4.78 is 8.01. The largest absolute Gasteiger partial charge is 0.377 e. The van der Waals surface area contributed by atoms with Crippen LogP contribution in [-0.4, -0.2) is 28.3 Å². The molecule has 0 spiro atoms. The molecule has 4 nitrogen and oxygen atoms in total. The Balaban J connectivity index is 2.35. The lowest BCUT2D eigenvalue weighted by atomic mass is 9.86. The molecular formula is C17H27N3O. The van der Waals surface area contributed by atoms with Crippen LogP contribution in [0.3, 0.4) is 0 Å². The molecule has 1 atom stereocenters. The van der Waals surface area contributed by atoms with Crippen LogP contribution < -0.4 is 5.73 Å². The first-order valence-electron chi connectivity index (χ1n) is 7.86. The Morgan fingerprint density at radius 3 is 2.48 bits per heavy atom. The summed E-state index contributed by atoms with van der Waals surface area (Å²) in [5, 5.41) is 0. The first-order valence-corrected chi connectivity index (χ1v) is 7.86. The van der Waals surface area contributed by atoms with Crippen molar-refractivity contribution in [1.82, 2.24) is 9.55 Å². The minimum atomic E-state index is -0.267. The van der Waals surface area contributed by atoms with E-state index < -0.39 is 0 Å². The number of methoxy groups -OCH3 is 1. The summed E-state index contributed by atoms with van der Waals surface area (Å²) in [4.78, 5) is 4.77. The molecule has 1 aromatic heterocycles. The molecule has 0 fully saturated rings. The molecule has 0 amide bonds. The molecule has 1 aromatic carbocycles. The molecule has 0 aliphatic rings. The first-order chi connectivity index (χ1) is 10.1. The van der Waals surface area contributed by atoms with Crippen LogP contribution in [0.4, 0.5) is 0 Å². The zero-order chi connectivity index (χ0) is 15.5. The quantitative estimate of drug-likeness (QED) is 0.852. The van der Waals surface area contributed by atoms with Crippen molar-refractivity contribution in [3.8, 4) is 0 Å². The predicted molar refractivity (Wildman–Crippen MR) is 87.4 cm³/mol. The molecule has 21 heavy (non-hydrogen) atoms. The van der Waals surface area contributed by atoms with Gasteiger partial charge in [-0.15, -0.1) is 0 Å². The van der Waals surface area contributed by atoms with Gasteiger partial charge in [-0.1, -0.05) is 26.0 Å². The average Bonchev–Trinajstić information content (AvgIpc) is 2.86. The highest BCUT2D eigenvalue weighted by Crippen LogP contribution is 2.26. The summed E-state index contributed by atoms with van der Waals surface area (Å²) in [5.41, 5.74) is 8.43. The van der Waals surface area contributed by atoms with Crippen molar-refractivity contribution in [3.63, 3.8) is 0 Å². The maximum Gasteiger partial charge on any atom is 0.111 e.